The minimum atomic E-state index is -1.26. The van der Waals surface area contributed by atoms with Gasteiger partial charge in [-0.3, -0.25) is 4.79 Å². The molecule has 0 saturated heterocycles. The molecular weight excluding hydrogens is 344 g/mol. The van der Waals surface area contributed by atoms with Crippen molar-refractivity contribution in [2.24, 2.45) is 0 Å². The van der Waals surface area contributed by atoms with Gasteiger partial charge in [0.15, 0.2) is 10.8 Å². The summed E-state index contributed by atoms with van der Waals surface area (Å²) in [5.41, 5.74) is 1.40. The number of hydrogen-bond donors (Lipinski definition) is 2. The first-order valence-corrected chi connectivity index (χ1v) is 8.05. The number of aromatic carboxylic acids is 1. The fourth-order valence-electron chi connectivity index (χ4n) is 2.40. The highest BCUT2D eigenvalue weighted by Crippen LogP contribution is 2.34. The molecule has 1 unspecified atom stereocenters. The number of aryl methyl sites for hydroxylation is 1. The molecule has 2 N–H and O–H groups in total. The summed E-state index contributed by atoms with van der Waals surface area (Å²) in [5.74, 6) is -1.82. The van der Waals surface area contributed by atoms with Gasteiger partial charge in [-0.05, 0) is 37.6 Å². The lowest BCUT2D eigenvalue weighted by Crippen LogP contribution is -2.21. The van der Waals surface area contributed by atoms with Crippen LogP contribution in [0.3, 0.4) is 0 Å². The number of methoxy groups -OCH3 is 1. The second-order valence-corrected chi connectivity index (χ2v) is 6.09. The molecule has 0 radical (unpaired) electrons. The molecule has 2 rings (SSSR count). The standard InChI is InChI=1S/C18H19ClN2O4/c1-4-18(19,25-3)12-6-5-7-13(10-12)21-16(22)14-9-8-11(2)20-15(14)17(23)24/h5-10H,4H2,1-3H3,(H,21,22)(H,23,24). The van der Waals surface area contributed by atoms with Crippen LogP contribution < -0.4 is 5.32 Å². The Morgan fingerprint density at radius 1 is 1.32 bits per heavy atom. The average Bonchev–Trinajstić information content (AvgIpc) is 2.61. The van der Waals surface area contributed by atoms with E-state index in [0.717, 1.165) is 0 Å². The zero-order chi connectivity index (χ0) is 18.6. The van der Waals surface area contributed by atoms with Crippen molar-refractivity contribution in [3.63, 3.8) is 0 Å². The Kier molecular flexibility index (Phi) is 5.77. The van der Waals surface area contributed by atoms with E-state index in [1.165, 1.54) is 13.2 Å². The molecule has 1 aromatic heterocycles. The monoisotopic (exact) mass is 362 g/mol. The van der Waals surface area contributed by atoms with Crippen LogP contribution in [0.25, 0.3) is 0 Å². The van der Waals surface area contributed by atoms with E-state index in [9.17, 15) is 14.7 Å². The third-order valence-electron chi connectivity index (χ3n) is 3.81. The van der Waals surface area contributed by atoms with E-state index >= 15 is 0 Å². The van der Waals surface area contributed by atoms with Gasteiger partial charge in [0.2, 0.25) is 0 Å². The Bertz CT molecular complexity index is 803. The third kappa shape index (κ3) is 4.15. The van der Waals surface area contributed by atoms with E-state index in [4.69, 9.17) is 16.3 Å². The number of aromatic nitrogens is 1. The number of nitrogens with one attached hydrogen (secondary N) is 1. The second-order valence-electron chi connectivity index (χ2n) is 5.48. The predicted octanol–water partition coefficient (Wildman–Crippen LogP) is 3.79. The van der Waals surface area contributed by atoms with Gasteiger partial charge in [-0.2, -0.15) is 0 Å². The van der Waals surface area contributed by atoms with E-state index in [2.05, 4.69) is 10.3 Å². The molecule has 6 nitrogen and oxygen atoms in total. The maximum absolute atomic E-state index is 12.5. The summed E-state index contributed by atoms with van der Waals surface area (Å²) in [5, 5.41) is 10.9. The normalized spacial score (nSPS) is 13.1. The largest absolute Gasteiger partial charge is 0.476 e. The molecule has 0 fully saturated rings. The summed E-state index contributed by atoms with van der Waals surface area (Å²) in [6.07, 6.45) is 0.535. The molecule has 25 heavy (non-hydrogen) atoms. The first-order valence-electron chi connectivity index (χ1n) is 7.67. The molecule has 0 bridgehead atoms. The Balaban J connectivity index is 2.32. The number of alkyl halides is 1. The predicted molar refractivity (Wildman–Crippen MR) is 95.2 cm³/mol. The van der Waals surface area contributed by atoms with Gasteiger partial charge in [-0.1, -0.05) is 30.7 Å². The average molecular weight is 363 g/mol. The molecular formula is C18H19ClN2O4. The third-order valence-corrected chi connectivity index (χ3v) is 4.45. The maximum atomic E-state index is 12.5. The van der Waals surface area contributed by atoms with Crippen molar-refractivity contribution in [3.05, 3.63) is 58.9 Å². The van der Waals surface area contributed by atoms with E-state index < -0.39 is 16.9 Å². The summed E-state index contributed by atoms with van der Waals surface area (Å²) >= 11 is 6.42. The first-order chi connectivity index (χ1) is 11.8. The molecule has 1 aromatic carbocycles. The number of carbonyl (C=O) groups excluding carboxylic acids is 1. The molecule has 1 heterocycles. The van der Waals surface area contributed by atoms with Crippen LogP contribution in [0, 0.1) is 6.92 Å². The van der Waals surface area contributed by atoms with Crippen LogP contribution in [0.1, 0.15) is 45.4 Å². The number of rotatable bonds is 6. The summed E-state index contributed by atoms with van der Waals surface area (Å²) in [6, 6.07) is 9.95. The number of carboxylic acid groups (broad SMARTS) is 1. The number of carboxylic acids is 1. The van der Waals surface area contributed by atoms with E-state index in [-0.39, 0.29) is 11.3 Å². The van der Waals surface area contributed by atoms with Crippen LogP contribution in [-0.2, 0) is 9.80 Å². The van der Waals surface area contributed by atoms with E-state index in [1.54, 1.807) is 37.3 Å². The van der Waals surface area contributed by atoms with Crippen molar-refractivity contribution < 1.29 is 19.4 Å². The summed E-state index contributed by atoms with van der Waals surface area (Å²) in [7, 11) is 1.51. The summed E-state index contributed by atoms with van der Waals surface area (Å²) in [4.78, 5) is 27.7. The van der Waals surface area contributed by atoms with Gasteiger partial charge >= 0.3 is 5.97 Å². The smallest absolute Gasteiger partial charge is 0.355 e. The Morgan fingerprint density at radius 2 is 2.04 bits per heavy atom. The van der Waals surface area contributed by atoms with Crippen molar-refractivity contribution in [3.8, 4) is 0 Å². The lowest BCUT2D eigenvalue weighted by molar-refractivity contribution is 0.0584. The van der Waals surface area contributed by atoms with E-state index in [1.807, 2.05) is 6.92 Å². The Labute approximate surface area is 150 Å². The number of ether oxygens (including phenoxy) is 1. The van der Waals surface area contributed by atoms with Crippen molar-refractivity contribution in [1.29, 1.82) is 0 Å². The van der Waals surface area contributed by atoms with Gasteiger partial charge < -0.3 is 15.2 Å². The number of halogens is 1. The zero-order valence-corrected chi connectivity index (χ0v) is 14.9. The van der Waals surface area contributed by atoms with Crippen LogP contribution in [0.15, 0.2) is 36.4 Å². The first kappa shape index (κ1) is 18.9. The molecule has 0 aliphatic rings. The van der Waals surface area contributed by atoms with Gasteiger partial charge in [0.1, 0.15) is 0 Å². The van der Waals surface area contributed by atoms with Crippen molar-refractivity contribution >= 4 is 29.2 Å². The van der Waals surface area contributed by atoms with Gasteiger partial charge in [0, 0.05) is 24.1 Å². The molecule has 2 aromatic rings. The van der Waals surface area contributed by atoms with Crippen LogP contribution in [0.2, 0.25) is 0 Å². The zero-order valence-electron chi connectivity index (χ0n) is 14.2. The van der Waals surface area contributed by atoms with Crippen LogP contribution >= 0.6 is 11.6 Å². The van der Waals surface area contributed by atoms with Crippen molar-refractivity contribution in [2.75, 3.05) is 12.4 Å². The summed E-state index contributed by atoms with van der Waals surface area (Å²) in [6.45, 7) is 3.55. The van der Waals surface area contributed by atoms with Crippen LogP contribution in [0.5, 0.6) is 0 Å². The fourth-order valence-corrected chi connectivity index (χ4v) is 2.51. The highest BCUT2D eigenvalue weighted by Gasteiger charge is 2.27. The molecule has 132 valence electrons. The number of benzene rings is 1. The lowest BCUT2D eigenvalue weighted by Gasteiger charge is -2.24. The molecule has 0 aliphatic heterocycles. The van der Waals surface area contributed by atoms with Gasteiger partial charge in [0.05, 0.1) is 5.56 Å². The minimum absolute atomic E-state index is 0.0112. The number of carbonyl (C=O) groups is 2. The summed E-state index contributed by atoms with van der Waals surface area (Å²) < 4.78 is 5.35. The maximum Gasteiger partial charge on any atom is 0.355 e. The molecule has 1 atom stereocenters. The SMILES string of the molecule is CCC(Cl)(OC)c1cccc(NC(=O)c2ccc(C)nc2C(=O)O)c1. The van der Waals surface area contributed by atoms with E-state index in [0.29, 0.717) is 23.4 Å². The lowest BCUT2D eigenvalue weighted by atomic mass is 10.1. The van der Waals surface area contributed by atoms with Crippen molar-refractivity contribution in [1.82, 2.24) is 4.98 Å². The molecule has 1 amide bonds. The molecule has 0 saturated carbocycles. The van der Waals surface area contributed by atoms with Gasteiger partial charge in [-0.15, -0.1) is 0 Å². The highest BCUT2D eigenvalue weighted by atomic mass is 35.5. The topological polar surface area (TPSA) is 88.5 Å². The number of amides is 1. The van der Waals surface area contributed by atoms with Gasteiger partial charge in [-0.25, -0.2) is 9.78 Å². The minimum Gasteiger partial charge on any atom is -0.476 e. The Morgan fingerprint density at radius 3 is 2.64 bits per heavy atom. The number of hydrogen-bond acceptors (Lipinski definition) is 4. The molecule has 0 spiro atoms. The highest BCUT2D eigenvalue weighted by molar-refractivity contribution is 6.23. The van der Waals surface area contributed by atoms with Crippen molar-refractivity contribution in [2.45, 2.75) is 25.3 Å². The Hall–Kier alpha value is -2.44. The number of anilines is 1. The van der Waals surface area contributed by atoms with Gasteiger partial charge in [0.25, 0.3) is 5.91 Å². The van der Waals surface area contributed by atoms with Crippen LogP contribution in [-0.4, -0.2) is 29.1 Å². The fraction of sp³-hybridized carbons (Fsp3) is 0.278. The second kappa shape index (κ2) is 7.63. The van der Waals surface area contributed by atoms with Crippen LogP contribution in [0.4, 0.5) is 5.69 Å². The number of nitrogens with zero attached hydrogens (tertiary/aromatic N) is 1. The quantitative estimate of drug-likeness (QED) is 0.763. The molecule has 7 heteroatoms. The number of pyridine rings is 1. The molecule has 0 aliphatic carbocycles.